The zero-order valence-corrected chi connectivity index (χ0v) is 8.09. The summed E-state index contributed by atoms with van der Waals surface area (Å²) >= 11 is 0. The van der Waals surface area contributed by atoms with Crippen molar-refractivity contribution in [2.75, 3.05) is 32.7 Å². The summed E-state index contributed by atoms with van der Waals surface area (Å²) in [7, 11) is 0. The Labute approximate surface area is 79.5 Å². The van der Waals surface area contributed by atoms with Crippen LogP contribution in [-0.2, 0) is 4.79 Å². The second kappa shape index (κ2) is 5.94. The smallest absolute Gasteiger partial charge is 0.234 e. The fourth-order valence-corrected chi connectivity index (χ4v) is 1.54. The van der Waals surface area contributed by atoms with E-state index in [1.54, 1.807) is 0 Å². The number of carbonyl (C=O) groups excluding carboxylic acids is 1. The Kier molecular flexibility index (Phi) is 4.78. The topological polar surface area (TPSA) is 58.4 Å². The van der Waals surface area contributed by atoms with Crippen LogP contribution in [0.3, 0.4) is 0 Å². The first-order chi connectivity index (χ1) is 6.33. The fourth-order valence-electron chi connectivity index (χ4n) is 1.54. The molecule has 1 heterocycles. The van der Waals surface area contributed by atoms with Crippen molar-refractivity contribution in [3.05, 3.63) is 0 Å². The van der Waals surface area contributed by atoms with E-state index in [1.165, 1.54) is 0 Å². The summed E-state index contributed by atoms with van der Waals surface area (Å²) < 4.78 is 0. The maximum absolute atomic E-state index is 11.1. The van der Waals surface area contributed by atoms with Gasteiger partial charge in [-0.15, -0.1) is 0 Å². The number of nitrogens with two attached hydrogens (primary N) is 1. The number of unbranched alkanes of at least 4 members (excludes halogenated alkanes) is 1. The molecule has 3 N–H and O–H groups in total. The van der Waals surface area contributed by atoms with Gasteiger partial charge in [0, 0.05) is 13.1 Å². The van der Waals surface area contributed by atoms with Crippen molar-refractivity contribution >= 4 is 5.91 Å². The molecule has 1 rings (SSSR count). The molecular formula is C9H19N3O. The summed E-state index contributed by atoms with van der Waals surface area (Å²) in [6.45, 7) is 4.17. The van der Waals surface area contributed by atoms with Crippen molar-refractivity contribution in [2.24, 2.45) is 5.73 Å². The minimum atomic E-state index is 0.158. The van der Waals surface area contributed by atoms with E-state index in [0.29, 0.717) is 6.54 Å². The molecular weight excluding hydrogens is 166 g/mol. The third kappa shape index (κ3) is 4.24. The van der Waals surface area contributed by atoms with E-state index < -0.39 is 0 Å². The van der Waals surface area contributed by atoms with Crippen LogP contribution < -0.4 is 11.1 Å². The number of nitrogens with one attached hydrogen (secondary N) is 1. The van der Waals surface area contributed by atoms with E-state index in [-0.39, 0.29) is 5.91 Å². The minimum Gasteiger partial charge on any atom is -0.355 e. The third-order valence-corrected chi connectivity index (χ3v) is 2.27. The number of hydrogen-bond donors (Lipinski definition) is 2. The van der Waals surface area contributed by atoms with Crippen LogP contribution >= 0.6 is 0 Å². The van der Waals surface area contributed by atoms with Crippen LogP contribution in [0.2, 0.25) is 0 Å². The van der Waals surface area contributed by atoms with Crippen LogP contribution in [0.15, 0.2) is 0 Å². The maximum Gasteiger partial charge on any atom is 0.234 e. The normalized spacial score (nSPS) is 19.6. The van der Waals surface area contributed by atoms with Crippen LogP contribution in [0.1, 0.15) is 19.3 Å². The molecule has 4 nitrogen and oxygen atoms in total. The summed E-state index contributed by atoms with van der Waals surface area (Å²) in [6.07, 6.45) is 3.22. The molecule has 0 saturated carbocycles. The standard InChI is InChI=1S/C9H19N3O/c10-4-1-2-6-12-7-3-5-11-9(13)8-12/h1-8,10H2,(H,11,13). The fraction of sp³-hybridized carbons (Fsp3) is 0.889. The number of amides is 1. The van der Waals surface area contributed by atoms with Gasteiger partial charge in [-0.2, -0.15) is 0 Å². The second-order valence-electron chi connectivity index (χ2n) is 3.48. The SMILES string of the molecule is NCCCCN1CCCNC(=O)C1. The Hall–Kier alpha value is -0.610. The van der Waals surface area contributed by atoms with Gasteiger partial charge in [-0.1, -0.05) is 0 Å². The van der Waals surface area contributed by atoms with Gasteiger partial charge in [-0.25, -0.2) is 0 Å². The lowest BCUT2D eigenvalue weighted by Crippen LogP contribution is -2.33. The van der Waals surface area contributed by atoms with Crippen molar-refractivity contribution in [3.63, 3.8) is 0 Å². The molecule has 0 spiro atoms. The summed E-state index contributed by atoms with van der Waals surface area (Å²) in [5, 5.41) is 2.86. The zero-order valence-electron chi connectivity index (χ0n) is 8.09. The van der Waals surface area contributed by atoms with Gasteiger partial charge >= 0.3 is 0 Å². The quantitative estimate of drug-likeness (QED) is 0.583. The summed E-state index contributed by atoms with van der Waals surface area (Å²) in [6, 6.07) is 0. The van der Waals surface area contributed by atoms with Gasteiger partial charge in [-0.05, 0) is 32.4 Å². The number of hydrogen-bond acceptors (Lipinski definition) is 3. The largest absolute Gasteiger partial charge is 0.355 e. The first-order valence-corrected chi connectivity index (χ1v) is 5.02. The lowest BCUT2D eigenvalue weighted by molar-refractivity contribution is -0.121. The number of rotatable bonds is 4. The molecule has 0 aromatic heterocycles. The van der Waals surface area contributed by atoms with Gasteiger partial charge in [-0.3, -0.25) is 9.69 Å². The second-order valence-corrected chi connectivity index (χ2v) is 3.48. The van der Waals surface area contributed by atoms with Crippen molar-refractivity contribution in [1.82, 2.24) is 10.2 Å². The molecule has 1 fully saturated rings. The van der Waals surface area contributed by atoms with Crippen molar-refractivity contribution in [2.45, 2.75) is 19.3 Å². The molecule has 1 aliphatic heterocycles. The number of nitrogens with zero attached hydrogens (tertiary/aromatic N) is 1. The van der Waals surface area contributed by atoms with E-state index in [0.717, 1.165) is 45.4 Å². The van der Waals surface area contributed by atoms with Crippen molar-refractivity contribution < 1.29 is 4.79 Å². The Morgan fingerprint density at radius 3 is 3.08 bits per heavy atom. The van der Waals surface area contributed by atoms with Crippen LogP contribution in [0.25, 0.3) is 0 Å². The van der Waals surface area contributed by atoms with E-state index >= 15 is 0 Å². The highest BCUT2D eigenvalue weighted by atomic mass is 16.2. The first-order valence-electron chi connectivity index (χ1n) is 5.02. The highest BCUT2D eigenvalue weighted by Gasteiger charge is 2.13. The highest BCUT2D eigenvalue weighted by Crippen LogP contribution is 1.98. The lowest BCUT2D eigenvalue weighted by atomic mass is 10.3. The van der Waals surface area contributed by atoms with Crippen LogP contribution in [0.4, 0.5) is 0 Å². The Balaban J connectivity index is 2.19. The predicted octanol–water partition coefficient (Wildman–Crippen LogP) is -0.453. The lowest BCUT2D eigenvalue weighted by Gasteiger charge is -2.17. The molecule has 1 aliphatic rings. The number of carbonyl (C=O) groups is 1. The average Bonchev–Trinajstić information content (AvgIpc) is 2.31. The molecule has 0 aliphatic carbocycles. The molecule has 76 valence electrons. The van der Waals surface area contributed by atoms with E-state index in [9.17, 15) is 4.79 Å². The molecule has 0 atom stereocenters. The molecule has 4 heteroatoms. The van der Waals surface area contributed by atoms with Crippen LogP contribution in [0.5, 0.6) is 0 Å². The summed E-state index contributed by atoms with van der Waals surface area (Å²) in [5.74, 6) is 0.158. The van der Waals surface area contributed by atoms with Crippen molar-refractivity contribution in [3.8, 4) is 0 Å². The van der Waals surface area contributed by atoms with Crippen LogP contribution in [0, 0.1) is 0 Å². The molecule has 0 aromatic rings. The molecule has 0 radical (unpaired) electrons. The molecule has 0 aromatic carbocycles. The molecule has 0 bridgehead atoms. The minimum absolute atomic E-state index is 0.158. The van der Waals surface area contributed by atoms with Gasteiger partial charge in [0.2, 0.25) is 5.91 Å². The third-order valence-electron chi connectivity index (χ3n) is 2.27. The maximum atomic E-state index is 11.1. The first kappa shape index (κ1) is 10.5. The molecule has 1 amide bonds. The predicted molar refractivity (Wildman–Crippen MR) is 52.4 cm³/mol. The van der Waals surface area contributed by atoms with Gasteiger partial charge in [0.05, 0.1) is 6.54 Å². The van der Waals surface area contributed by atoms with Crippen LogP contribution in [-0.4, -0.2) is 43.5 Å². The highest BCUT2D eigenvalue weighted by molar-refractivity contribution is 5.78. The monoisotopic (exact) mass is 185 g/mol. The average molecular weight is 185 g/mol. The van der Waals surface area contributed by atoms with Crippen molar-refractivity contribution in [1.29, 1.82) is 0 Å². The molecule has 1 saturated heterocycles. The van der Waals surface area contributed by atoms with Gasteiger partial charge in [0.25, 0.3) is 0 Å². The Bertz CT molecular complexity index is 161. The van der Waals surface area contributed by atoms with E-state index in [2.05, 4.69) is 10.2 Å². The van der Waals surface area contributed by atoms with Gasteiger partial charge in [0.15, 0.2) is 0 Å². The molecule has 0 unspecified atom stereocenters. The summed E-state index contributed by atoms with van der Waals surface area (Å²) in [5.41, 5.74) is 5.40. The van der Waals surface area contributed by atoms with E-state index in [4.69, 9.17) is 5.73 Å². The zero-order chi connectivity index (χ0) is 9.52. The Morgan fingerprint density at radius 2 is 2.31 bits per heavy atom. The van der Waals surface area contributed by atoms with Gasteiger partial charge < -0.3 is 11.1 Å². The Morgan fingerprint density at radius 1 is 1.46 bits per heavy atom. The molecule has 13 heavy (non-hydrogen) atoms. The van der Waals surface area contributed by atoms with E-state index in [1.807, 2.05) is 0 Å². The van der Waals surface area contributed by atoms with Gasteiger partial charge in [0.1, 0.15) is 0 Å². The summed E-state index contributed by atoms with van der Waals surface area (Å²) in [4.78, 5) is 13.4.